The fourth-order valence-electron chi connectivity index (χ4n) is 6.10. The number of hydrogen-bond acceptors (Lipinski definition) is 6. The second-order valence-electron chi connectivity index (χ2n) is 12.6. The fourth-order valence-corrected chi connectivity index (χ4v) is 6.10. The summed E-state index contributed by atoms with van der Waals surface area (Å²) in [4.78, 5) is 57.2. The number of nitrogens with zero attached hydrogens (tertiary/aromatic N) is 2. The topological polar surface area (TPSA) is 127 Å². The lowest BCUT2D eigenvalue weighted by atomic mass is 9.85. The Kier molecular flexibility index (Phi) is 6.42. The van der Waals surface area contributed by atoms with Crippen molar-refractivity contribution < 1.29 is 19.2 Å². The molecule has 0 bridgehead atoms. The van der Waals surface area contributed by atoms with Gasteiger partial charge in [0, 0.05) is 11.4 Å². The van der Waals surface area contributed by atoms with Crippen LogP contribution in [0.25, 0.3) is 22.3 Å². The molecule has 2 aliphatic heterocycles. The number of imide groups is 2. The molecule has 0 unspecified atom stereocenters. The summed E-state index contributed by atoms with van der Waals surface area (Å²) in [5, 5.41) is 0. The average Bonchev–Trinajstić information content (AvgIpc) is 3.44. The van der Waals surface area contributed by atoms with Crippen LogP contribution < -0.4 is 21.3 Å². The smallest absolute Gasteiger partial charge is 0.266 e. The van der Waals surface area contributed by atoms with E-state index in [1.54, 1.807) is 66.7 Å². The largest absolute Gasteiger partial charge is 0.399 e. The molecule has 5 aromatic carbocycles. The number of hydrogen-bond donors (Lipinski definition) is 2. The predicted molar refractivity (Wildman–Crippen MR) is 180 cm³/mol. The van der Waals surface area contributed by atoms with Crippen LogP contribution in [-0.2, 0) is 5.41 Å². The van der Waals surface area contributed by atoms with Crippen LogP contribution in [0.3, 0.4) is 0 Å². The van der Waals surface area contributed by atoms with Crippen LogP contribution >= 0.6 is 0 Å². The van der Waals surface area contributed by atoms with E-state index in [1.165, 1.54) is 4.90 Å². The van der Waals surface area contributed by atoms with Gasteiger partial charge in [0.2, 0.25) is 0 Å². The van der Waals surface area contributed by atoms with Crippen molar-refractivity contribution in [1.82, 2.24) is 0 Å². The summed E-state index contributed by atoms with van der Waals surface area (Å²) in [6, 6.07) is 30.0. The first-order valence-corrected chi connectivity index (χ1v) is 14.8. The van der Waals surface area contributed by atoms with E-state index in [9.17, 15) is 19.2 Å². The standard InChI is InChI=1S/C38H30N4O4/c1-38(2,3)32-20-27(41-34(43)28-15-8-23(18-30(28)36(41)45)21-4-10-25(39)11-5-21)14-17-33(32)42-35(44)29-16-9-24(19-31(29)37(42)46)22-6-12-26(40)13-7-22/h4-20H,39-40H2,1-3H3. The van der Waals surface area contributed by atoms with Gasteiger partial charge in [-0.2, -0.15) is 0 Å². The van der Waals surface area contributed by atoms with Crippen LogP contribution in [0.15, 0.2) is 103 Å². The van der Waals surface area contributed by atoms with Gasteiger partial charge in [-0.15, -0.1) is 0 Å². The first-order valence-electron chi connectivity index (χ1n) is 14.8. The van der Waals surface area contributed by atoms with E-state index in [2.05, 4.69) is 0 Å². The third-order valence-electron chi connectivity index (χ3n) is 8.55. The molecule has 0 saturated carbocycles. The van der Waals surface area contributed by atoms with Gasteiger partial charge in [0.15, 0.2) is 0 Å². The Morgan fingerprint density at radius 3 is 1.35 bits per heavy atom. The van der Waals surface area contributed by atoms with Gasteiger partial charge >= 0.3 is 0 Å². The molecule has 4 N–H and O–H groups in total. The maximum atomic E-state index is 13.8. The molecule has 46 heavy (non-hydrogen) atoms. The van der Waals surface area contributed by atoms with Crippen LogP contribution in [0, 0.1) is 0 Å². The molecule has 0 saturated heterocycles. The summed E-state index contributed by atoms with van der Waals surface area (Å²) in [5.41, 5.74) is 18.3. The minimum Gasteiger partial charge on any atom is -0.399 e. The van der Waals surface area contributed by atoms with E-state index in [0.717, 1.165) is 27.2 Å². The molecule has 8 nitrogen and oxygen atoms in total. The first-order chi connectivity index (χ1) is 21.9. The summed E-state index contributed by atoms with van der Waals surface area (Å²) in [7, 11) is 0. The molecule has 0 radical (unpaired) electrons. The molecule has 5 aromatic rings. The van der Waals surface area contributed by atoms with Crippen LogP contribution in [-0.4, -0.2) is 23.6 Å². The van der Waals surface area contributed by atoms with Gasteiger partial charge in [-0.3, -0.25) is 19.2 Å². The van der Waals surface area contributed by atoms with Gasteiger partial charge in [-0.25, -0.2) is 9.80 Å². The normalized spacial score (nSPS) is 14.2. The summed E-state index contributed by atoms with van der Waals surface area (Å²) in [5.74, 6) is -1.75. The number of amides is 4. The maximum Gasteiger partial charge on any atom is 0.266 e. The Morgan fingerprint density at radius 2 is 0.870 bits per heavy atom. The van der Waals surface area contributed by atoms with E-state index < -0.39 is 29.0 Å². The zero-order chi connectivity index (χ0) is 32.5. The van der Waals surface area contributed by atoms with E-state index >= 15 is 0 Å². The van der Waals surface area contributed by atoms with E-state index in [-0.39, 0.29) is 0 Å². The highest BCUT2D eigenvalue weighted by molar-refractivity contribution is 6.36. The second-order valence-corrected chi connectivity index (χ2v) is 12.6. The number of nitrogens with two attached hydrogens (primary N) is 2. The molecule has 0 spiro atoms. The van der Waals surface area contributed by atoms with Crippen molar-refractivity contribution >= 4 is 46.4 Å². The minimum atomic E-state index is -0.559. The predicted octanol–water partition coefficient (Wildman–Crippen LogP) is 7.08. The lowest BCUT2D eigenvalue weighted by Gasteiger charge is -2.28. The van der Waals surface area contributed by atoms with Gasteiger partial charge in [0.25, 0.3) is 23.6 Å². The Morgan fingerprint density at radius 1 is 0.457 bits per heavy atom. The Balaban J connectivity index is 1.25. The van der Waals surface area contributed by atoms with Crippen molar-refractivity contribution in [3.8, 4) is 22.3 Å². The summed E-state index contributed by atoms with van der Waals surface area (Å²) >= 11 is 0. The second kappa shape index (κ2) is 10.3. The first kappa shape index (κ1) is 28.7. The summed E-state index contributed by atoms with van der Waals surface area (Å²) < 4.78 is 0. The molecule has 0 fully saturated rings. The maximum absolute atomic E-state index is 13.8. The van der Waals surface area contributed by atoms with Crippen molar-refractivity contribution in [2.24, 2.45) is 0 Å². The molecule has 7 rings (SSSR count). The summed E-state index contributed by atoms with van der Waals surface area (Å²) in [6.07, 6.45) is 0. The van der Waals surface area contributed by atoms with Crippen molar-refractivity contribution in [2.75, 3.05) is 21.3 Å². The van der Waals surface area contributed by atoms with Gasteiger partial charge < -0.3 is 11.5 Å². The molecule has 0 atom stereocenters. The molecule has 8 heteroatoms. The third kappa shape index (κ3) is 4.54. The molecule has 0 aliphatic carbocycles. The number of rotatable bonds is 4. The third-order valence-corrected chi connectivity index (χ3v) is 8.55. The number of carbonyl (C=O) groups excluding carboxylic acids is 4. The Labute approximate surface area is 265 Å². The number of anilines is 4. The van der Waals surface area contributed by atoms with Crippen molar-refractivity contribution in [1.29, 1.82) is 0 Å². The Bertz CT molecular complexity index is 2130. The number of benzene rings is 5. The van der Waals surface area contributed by atoms with Crippen molar-refractivity contribution in [2.45, 2.75) is 26.2 Å². The highest BCUT2D eigenvalue weighted by Crippen LogP contribution is 2.41. The lowest BCUT2D eigenvalue weighted by Crippen LogP contribution is -2.33. The van der Waals surface area contributed by atoms with Crippen molar-refractivity contribution in [3.05, 3.63) is 131 Å². The van der Waals surface area contributed by atoms with Gasteiger partial charge in [-0.05, 0) is 100.0 Å². The van der Waals surface area contributed by atoms with Gasteiger partial charge in [0.05, 0.1) is 33.6 Å². The number of nitrogen functional groups attached to an aromatic ring is 2. The van der Waals surface area contributed by atoms with Crippen LogP contribution in [0.5, 0.6) is 0 Å². The van der Waals surface area contributed by atoms with Gasteiger partial charge in [0.1, 0.15) is 0 Å². The van der Waals surface area contributed by atoms with E-state index in [1.807, 2.05) is 57.2 Å². The molecular weight excluding hydrogens is 576 g/mol. The number of fused-ring (bicyclic) bond motifs is 2. The zero-order valence-electron chi connectivity index (χ0n) is 25.5. The molecular formula is C38H30N4O4. The van der Waals surface area contributed by atoms with E-state index in [0.29, 0.717) is 50.6 Å². The number of carbonyl (C=O) groups is 4. The molecule has 2 aliphatic rings. The monoisotopic (exact) mass is 606 g/mol. The SMILES string of the molecule is CC(C)(C)c1cc(N2C(=O)c3ccc(-c4ccc(N)cc4)cc3C2=O)ccc1N1C(=O)c2ccc(-c3ccc(N)cc3)cc2C1=O. The van der Waals surface area contributed by atoms with Crippen LogP contribution in [0.2, 0.25) is 0 Å². The molecule has 2 heterocycles. The minimum absolute atomic E-state index is 0.304. The highest BCUT2D eigenvalue weighted by atomic mass is 16.2. The quantitative estimate of drug-likeness (QED) is 0.166. The fraction of sp³-hybridized carbons (Fsp3) is 0.105. The Hall–Kier alpha value is -6.02. The summed E-state index contributed by atoms with van der Waals surface area (Å²) in [6.45, 7) is 5.86. The lowest BCUT2D eigenvalue weighted by molar-refractivity contribution is 0.0909. The van der Waals surface area contributed by atoms with Gasteiger partial charge in [-0.1, -0.05) is 57.2 Å². The molecule has 4 amide bonds. The van der Waals surface area contributed by atoms with E-state index in [4.69, 9.17) is 11.5 Å². The average molecular weight is 607 g/mol. The van der Waals surface area contributed by atoms with Crippen molar-refractivity contribution in [3.63, 3.8) is 0 Å². The highest BCUT2D eigenvalue weighted by Gasteiger charge is 2.41. The van der Waals surface area contributed by atoms with Crippen LogP contribution in [0.1, 0.15) is 67.8 Å². The molecule has 0 aromatic heterocycles. The molecule has 226 valence electrons. The zero-order valence-corrected chi connectivity index (χ0v) is 25.5. The van der Waals surface area contributed by atoms with Crippen LogP contribution in [0.4, 0.5) is 22.7 Å².